The van der Waals surface area contributed by atoms with E-state index in [1.807, 2.05) is 54.4 Å². The minimum Gasteiger partial charge on any atom is -0.361 e. The van der Waals surface area contributed by atoms with Gasteiger partial charge in [0.05, 0.1) is 5.69 Å². The molecule has 0 aliphatic carbocycles. The van der Waals surface area contributed by atoms with Gasteiger partial charge in [-0.1, -0.05) is 52.5 Å². The molecular weight excluding hydrogens is 392 g/mol. The summed E-state index contributed by atoms with van der Waals surface area (Å²) in [4.78, 5) is 18.9. The Morgan fingerprint density at radius 1 is 1.14 bits per heavy atom. The molecule has 0 radical (unpaired) electrons. The van der Waals surface area contributed by atoms with E-state index in [0.29, 0.717) is 28.7 Å². The van der Waals surface area contributed by atoms with Crippen molar-refractivity contribution >= 4 is 39.9 Å². The number of hydrogen-bond donors (Lipinski definition) is 1. The number of carbonyl (C=O) groups is 1. The highest BCUT2D eigenvalue weighted by molar-refractivity contribution is 7.07. The maximum absolute atomic E-state index is 13.2. The number of benzene rings is 2. The maximum atomic E-state index is 13.2. The number of H-pyrrole nitrogens is 1. The van der Waals surface area contributed by atoms with Gasteiger partial charge < -0.3 is 9.88 Å². The average Bonchev–Trinajstić information content (AvgIpc) is 3.32. The van der Waals surface area contributed by atoms with E-state index in [-0.39, 0.29) is 5.91 Å². The molecule has 0 aliphatic rings. The minimum absolute atomic E-state index is 0.0627. The van der Waals surface area contributed by atoms with Gasteiger partial charge in [0.2, 0.25) is 0 Å². The SMILES string of the molecule is Cc1nnsc1C(=O)N(CCc1c[nH]c2ccccc12)Cc1ccccc1Cl. The predicted octanol–water partition coefficient (Wildman–Crippen LogP) is 4.87. The third-order valence-corrected chi connectivity index (χ3v) is 5.96. The van der Waals surface area contributed by atoms with Gasteiger partial charge in [-0.15, -0.1) is 5.10 Å². The number of para-hydroxylation sites is 1. The predicted molar refractivity (Wildman–Crippen MR) is 113 cm³/mol. The molecule has 0 atom stereocenters. The highest BCUT2D eigenvalue weighted by atomic mass is 35.5. The lowest BCUT2D eigenvalue weighted by Crippen LogP contribution is -2.32. The summed E-state index contributed by atoms with van der Waals surface area (Å²) < 4.78 is 3.91. The molecule has 5 nitrogen and oxygen atoms in total. The number of aromatic amines is 1. The molecule has 0 saturated heterocycles. The van der Waals surface area contributed by atoms with Gasteiger partial charge in [-0.05, 0) is 48.1 Å². The summed E-state index contributed by atoms with van der Waals surface area (Å²) >= 11 is 7.48. The summed E-state index contributed by atoms with van der Waals surface area (Å²) in [6.45, 7) is 2.82. The summed E-state index contributed by atoms with van der Waals surface area (Å²) in [7, 11) is 0. The van der Waals surface area contributed by atoms with Crippen molar-refractivity contribution in [2.75, 3.05) is 6.54 Å². The van der Waals surface area contributed by atoms with Crippen molar-refractivity contribution < 1.29 is 4.79 Å². The molecule has 2 aromatic carbocycles. The van der Waals surface area contributed by atoms with E-state index < -0.39 is 0 Å². The number of amides is 1. The van der Waals surface area contributed by atoms with E-state index in [9.17, 15) is 4.79 Å². The highest BCUT2D eigenvalue weighted by Crippen LogP contribution is 2.22. The molecular formula is C21H19ClN4OS. The second-order valence-corrected chi connectivity index (χ2v) is 7.78. The van der Waals surface area contributed by atoms with Gasteiger partial charge in [-0.2, -0.15) is 0 Å². The van der Waals surface area contributed by atoms with Crippen LogP contribution in [0.5, 0.6) is 0 Å². The smallest absolute Gasteiger partial charge is 0.267 e. The third kappa shape index (κ3) is 3.79. The quantitative estimate of drug-likeness (QED) is 0.493. The van der Waals surface area contributed by atoms with Gasteiger partial charge in [-0.3, -0.25) is 4.79 Å². The molecule has 1 amide bonds. The molecule has 0 aliphatic heterocycles. The molecule has 0 spiro atoms. The Kier molecular flexibility index (Phi) is 5.41. The van der Waals surface area contributed by atoms with Crippen LogP contribution in [-0.4, -0.2) is 31.9 Å². The Morgan fingerprint density at radius 2 is 1.93 bits per heavy atom. The first kappa shape index (κ1) is 18.7. The lowest BCUT2D eigenvalue weighted by molar-refractivity contribution is 0.0749. The van der Waals surface area contributed by atoms with Gasteiger partial charge in [0.1, 0.15) is 4.88 Å². The lowest BCUT2D eigenvalue weighted by atomic mass is 10.1. The topological polar surface area (TPSA) is 61.9 Å². The Bertz CT molecular complexity index is 1120. The van der Waals surface area contributed by atoms with E-state index in [2.05, 4.69) is 26.7 Å². The number of nitrogens with one attached hydrogen (secondary N) is 1. The fraction of sp³-hybridized carbons (Fsp3) is 0.190. The minimum atomic E-state index is -0.0627. The number of carbonyl (C=O) groups excluding carboxylic acids is 1. The Balaban J connectivity index is 1.60. The molecule has 7 heteroatoms. The van der Waals surface area contributed by atoms with Crippen LogP contribution in [0.1, 0.15) is 26.5 Å². The van der Waals surface area contributed by atoms with Crippen molar-refractivity contribution in [1.82, 2.24) is 19.5 Å². The van der Waals surface area contributed by atoms with Crippen LogP contribution in [0.25, 0.3) is 10.9 Å². The Hall–Kier alpha value is -2.70. The summed E-state index contributed by atoms with van der Waals surface area (Å²) in [5, 5.41) is 5.83. The first-order valence-electron chi connectivity index (χ1n) is 9.00. The summed E-state index contributed by atoms with van der Waals surface area (Å²) in [5.41, 5.74) is 3.87. The zero-order chi connectivity index (χ0) is 19.5. The van der Waals surface area contributed by atoms with Crippen molar-refractivity contribution in [3.05, 3.63) is 81.4 Å². The molecule has 142 valence electrons. The van der Waals surface area contributed by atoms with Gasteiger partial charge in [0.25, 0.3) is 5.91 Å². The number of halogens is 1. The van der Waals surface area contributed by atoms with Crippen LogP contribution in [0, 0.1) is 6.92 Å². The van der Waals surface area contributed by atoms with Gasteiger partial charge in [0.15, 0.2) is 0 Å². The first-order chi connectivity index (χ1) is 13.6. The van der Waals surface area contributed by atoms with Crippen LogP contribution in [0.4, 0.5) is 0 Å². The molecule has 2 heterocycles. The molecule has 0 fully saturated rings. The summed E-state index contributed by atoms with van der Waals surface area (Å²) in [5.74, 6) is -0.0627. The number of fused-ring (bicyclic) bond motifs is 1. The number of aryl methyl sites for hydroxylation is 1. The van der Waals surface area contributed by atoms with Crippen LogP contribution in [0.3, 0.4) is 0 Å². The van der Waals surface area contributed by atoms with Crippen LogP contribution >= 0.6 is 23.1 Å². The number of nitrogens with zero attached hydrogens (tertiary/aromatic N) is 3. The van der Waals surface area contributed by atoms with E-state index in [4.69, 9.17) is 11.6 Å². The maximum Gasteiger partial charge on any atom is 0.267 e. The average molecular weight is 411 g/mol. The monoisotopic (exact) mass is 410 g/mol. The van der Waals surface area contributed by atoms with Crippen LogP contribution in [0.2, 0.25) is 5.02 Å². The molecule has 0 unspecified atom stereocenters. The fourth-order valence-corrected chi connectivity index (χ4v) is 4.07. The molecule has 0 bridgehead atoms. The molecule has 28 heavy (non-hydrogen) atoms. The van der Waals surface area contributed by atoms with Gasteiger partial charge in [0, 0.05) is 35.2 Å². The summed E-state index contributed by atoms with van der Waals surface area (Å²) in [6, 6.07) is 15.8. The molecule has 0 saturated carbocycles. The van der Waals surface area contributed by atoms with Crippen molar-refractivity contribution in [3.63, 3.8) is 0 Å². The largest absolute Gasteiger partial charge is 0.361 e. The third-order valence-electron chi connectivity index (χ3n) is 4.78. The van der Waals surface area contributed by atoms with Gasteiger partial charge >= 0.3 is 0 Å². The van der Waals surface area contributed by atoms with Crippen LogP contribution in [0.15, 0.2) is 54.7 Å². The molecule has 1 N–H and O–H groups in total. The standard InChI is InChI=1S/C21H19ClN4OS/c1-14-20(28-25-24-14)21(27)26(13-16-6-2-4-8-18(16)22)11-10-15-12-23-19-9-5-3-7-17(15)19/h2-9,12,23H,10-11,13H2,1H3. The van der Waals surface area contributed by atoms with Crippen molar-refractivity contribution in [3.8, 4) is 0 Å². The van der Waals surface area contributed by atoms with E-state index in [1.165, 1.54) is 10.9 Å². The first-order valence-corrected chi connectivity index (χ1v) is 10.1. The van der Waals surface area contributed by atoms with Gasteiger partial charge in [-0.25, -0.2) is 0 Å². The highest BCUT2D eigenvalue weighted by Gasteiger charge is 2.22. The van der Waals surface area contributed by atoms with E-state index >= 15 is 0 Å². The second-order valence-electron chi connectivity index (χ2n) is 6.62. The van der Waals surface area contributed by atoms with E-state index in [0.717, 1.165) is 29.0 Å². The zero-order valence-electron chi connectivity index (χ0n) is 15.4. The zero-order valence-corrected chi connectivity index (χ0v) is 16.9. The van der Waals surface area contributed by atoms with Crippen molar-refractivity contribution in [2.24, 2.45) is 0 Å². The number of aromatic nitrogens is 3. The summed E-state index contributed by atoms with van der Waals surface area (Å²) in [6.07, 6.45) is 2.76. The van der Waals surface area contributed by atoms with Crippen molar-refractivity contribution in [2.45, 2.75) is 19.9 Å². The Labute approximate surface area is 172 Å². The molecule has 4 aromatic rings. The Morgan fingerprint density at radius 3 is 2.71 bits per heavy atom. The normalized spacial score (nSPS) is 11.1. The molecule has 2 aromatic heterocycles. The van der Waals surface area contributed by atoms with Crippen molar-refractivity contribution in [1.29, 1.82) is 0 Å². The number of hydrogen-bond acceptors (Lipinski definition) is 4. The molecule has 4 rings (SSSR count). The number of rotatable bonds is 6. The van der Waals surface area contributed by atoms with Crippen LogP contribution in [-0.2, 0) is 13.0 Å². The van der Waals surface area contributed by atoms with E-state index in [1.54, 1.807) is 0 Å². The second kappa shape index (κ2) is 8.12. The lowest BCUT2D eigenvalue weighted by Gasteiger charge is -2.23. The fourth-order valence-electron chi connectivity index (χ4n) is 3.25. The van der Waals surface area contributed by atoms with Crippen LogP contribution < -0.4 is 0 Å².